The lowest BCUT2D eigenvalue weighted by Gasteiger charge is -2.17. The lowest BCUT2D eigenvalue weighted by atomic mass is 10.1. The lowest BCUT2D eigenvalue weighted by molar-refractivity contribution is -0.136. The highest BCUT2D eigenvalue weighted by Gasteiger charge is 2.42. The molecule has 3 rings (SSSR count). The number of nitrogens with zero attached hydrogens (tertiary/aromatic N) is 1. The summed E-state index contributed by atoms with van der Waals surface area (Å²) in [6, 6.07) is 13.2. The number of hydrogen-bond acceptors (Lipinski definition) is 6. The van der Waals surface area contributed by atoms with Crippen LogP contribution in [0.4, 0.5) is 16.2 Å². The van der Waals surface area contributed by atoms with Gasteiger partial charge in [-0.25, -0.2) is 4.90 Å². The molecule has 0 bridgehead atoms. The molecule has 1 unspecified atom stereocenters. The average molecular weight is 428 g/mol. The summed E-state index contributed by atoms with van der Waals surface area (Å²) >= 11 is 0.807. The molecule has 0 aliphatic carbocycles. The first-order valence-electron chi connectivity index (χ1n) is 9.26. The number of carboxylic acids is 1. The highest BCUT2D eigenvalue weighted by Crippen LogP contribution is 2.38. The van der Waals surface area contributed by atoms with Crippen LogP contribution in [-0.4, -0.2) is 40.0 Å². The van der Waals surface area contributed by atoms with Crippen molar-refractivity contribution in [3.05, 3.63) is 54.1 Å². The molecule has 0 radical (unpaired) electrons. The van der Waals surface area contributed by atoms with Crippen molar-refractivity contribution >= 4 is 46.2 Å². The van der Waals surface area contributed by atoms with Crippen LogP contribution in [0, 0.1) is 0 Å². The van der Waals surface area contributed by atoms with Crippen molar-refractivity contribution in [2.45, 2.75) is 25.0 Å². The maximum absolute atomic E-state index is 12.8. The van der Waals surface area contributed by atoms with Gasteiger partial charge in [0.2, 0.25) is 11.8 Å². The third-order valence-corrected chi connectivity index (χ3v) is 5.33. The number of amides is 3. The number of imide groups is 1. The molecule has 1 saturated heterocycles. The summed E-state index contributed by atoms with van der Waals surface area (Å²) in [5.41, 5.74) is 1.45. The van der Waals surface area contributed by atoms with Crippen LogP contribution in [0.5, 0.6) is 5.75 Å². The molecule has 0 saturated carbocycles. The molecule has 156 valence electrons. The van der Waals surface area contributed by atoms with E-state index in [2.05, 4.69) is 5.32 Å². The molecule has 9 heteroatoms. The van der Waals surface area contributed by atoms with E-state index in [-0.39, 0.29) is 12.8 Å². The van der Waals surface area contributed by atoms with Gasteiger partial charge < -0.3 is 15.2 Å². The molecule has 1 atom stereocenters. The van der Waals surface area contributed by atoms with Gasteiger partial charge in [0.1, 0.15) is 11.0 Å². The molecule has 2 aromatic rings. The number of rotatable bonds is 8. The maximum atomic E-state index is 12.8. The van der Waals surface area contributed by atoms with Crippen LogP contribution in [0.2, 0.25) is 0 Å². The van der Waals surface area contributed by atoms with Gasteiger partial charge in [-0.15, -0.1) is 0 Å². The highest BCUT2D eigenvalue weighted by atomic mass is 32.2. The fourth-order valence-electron chi connectivity index (χ4n) is 2.99. The number of para-hydroxylation sites is 2. The summed E-state index contributed by atoms with van der Waals surface area (Å²) < 4.78 is 5.50. The molecule has 1 fully saturated rings. The van der Waals surface area contributed by atoms with E-state index in [0.29, 0.717) is 29.3 Å². The summed E-state index contributed by atoms with van der Waals surface area (Å²) in [6.45, 7) is 2.19. The van der Waals surface area contributed by atoms with Gasteiger partial charge in [0.15, 0.2) is 0 Å². The van der Waals surface area contributed by atoms with Gasteiger partial charge >= 0.3 is 5.97 Å². The molecule has 2 aromatic carbocycles. The molecule has 0 aromatic heterocycles. The fraction of sp³-hybridized carbons (Fsp3) is 0.238. The predicted octanol–water partition coefficient (Wildman–Crippen LogP) is 3.31. The normalized spacial score (nSPS) is 15.9. The van der Waals surface area contributed by atoms with E-state index in [1.165, 1.54) is 0 Å². The molecular formula is C21H20N2O6S. The van der Waals surface area contributed by atoms with Crippen LogP contribution in [0.3, 0.4) is 0 Å². The van der Waals surface area contributed by atoms with Crippen LogP contribution in [-0.2, 0) is 20.8 Å². The SMILES string of the molecule is CCOc1ccccc1N1C(=O)SC(CC(=O)Nc2ccc(CC(=O)O)cc2)C1=O. The Bertz CT molecular complexity index is 976. The zero-order chi connectivity index (χ0) is 21.7. The first kappa shape index (κ1) is 21.4. The van der Waals surface area contributed by atoms with Gasteiger partial charge in [0.25, 0.3) is 5.24 Å². The number of benzene rings is 2. The van der Waals surface area contributed by atoms with Crippen LogP contribution in [0.25, 0.3) is 0 Å². The summed E-state index contributed by atoms with van der Waals surface area (Å²) in [5, 5.41) is 10.2. The minimum Gasteiger partial charge on any atom is -0.492 e. The highest BCUT2D eigenvalue weighted by molar-refractivity contribution is 8.15. The quantitative estimate of drug-likeness (QED) is 0.663. The van der Waals surface area contributed by atoms with Gasteiger partial charge in [-0.3, -0.25) is 19.2 Å². The van der Waals surface area contributed by atoms with Crippen molar-refractivity contribution in [2.24, 2.45) is 0 Å². The Morgan fingerprint density at radius 2 is 1.83 bits per heavy atom. The first-order valence-corrected chi connectivity index (χ1v) is 10.1. The monoisotopic (exact) mass is 428 g/mol. The van der Waals surface area contributed by atoms with Gasteiger partial charge in [-0.2, -0.15) is 0 Å². The molecule has 1 heterocycles. The Kier molecular flexibility index (Phi) is 6.73. The van der Waals surface area contributed by atoms with Gasteiger partial charge in [-0.05, 0) is 48.5 Å². The lowest BCUT2D eigenvalue weighted by Crippen LogP contribution is -2.33. The van der Waals surface area contributed by atoms with Gasteiger partial charge in [-0.1, -0.05) is 24.3 Å². The third kappa shape index (κ3) is 4.98. The van der Waals surface area contributed by atoms with E-state index in [1.54, 1.807) is 55.5 Å². The largest absolute Gasteiger partial charge is 0.492 e. The fourth-order valence-corrected chi connectivity index (χ4v) is 3.96. The van der Waals surface area contributed by atoms with Crippen molar-refractivity contribution in [2.75, 3.05) is 16.8 Å². The zero-order valence-corrected chi connectivity index (χ0v) is 17.0. The standard InChI is InChI=1S/C21H20N2O6S/c1-2-29-16-6-4-3-5-15(16)23-20(27)17(30-21(23)28)12-18(24)22-14-9-7-13(8-10-14)11-19(25)26/h3-10,17H,2,11-12H2,1H3,(H,22,24)(H,25,26). The van der Waals surface area contributed by atoms with Gasteiger partial charge in [0.05, 0.1) is 18.7 Å². The Morgan fingerprint density at radius 1 is 1.13 bits per heavy atom. The number of hydrogen-bond donors (Lipinski definition) is 2. The van der Waals surface area contributed by atoms with Crippen molar-refractivity contribution in [1.29, 1.82) is 0 Å². The Balaban J connectivity index is 1.65. The average Bonchev–Trinajstić information content (AvgIpc) is 2.97. The second kappa shape index (κ2) is 9.45. The first-order chi connectivity index (χ1) is 14.4. The summed E-state index contributed by atoms with van der Waals surface area (Å²) in [5.74, 6) is -1.40. The number of carbonyl (C=O) groups is 4. The second-order valence-electron chi connectivity index (χ2n) is 6.47. The number of aliphatic carboxylic acids is 1. The van der Waals surface area contributed by atoms with Crippen LogP contribution < -0.4 is 15.0 Å². The number of carbonyl (C=O) groups excluding carboxylic acids is 3. The number of ether oxygens (including phenoxy) is 1. The van der Waals surface area contributed by atoms with Crippen molar-refractivity contribution in [1.82, 2.24) is 0 Å². The summed E-state index contributed by atoms with van der Waals surface area (Å²) in [4.78, 5) is 49.4. The van der Waals surface area contributed by atoms with Crippen LogP contribution in [0.15, 0.2) is 48.5 Å². The Morgan fingerprint density at radius 3 is 2.50 bits per heavy atom. The predicted molar refractivity (Wildman–Crippen MR) is 113 cm³/mol. The van der Waals surface area contributed by atoms with E-state index in [9.17, 15) is 19.2 Å². The van der Waals surface area contributed by atoms with Crippen molar-refractivity contribution in [3.8, 4) is 5.75 Å². The Hall–Kier alpha value is -3.33. The molecule has 3 amide bonds. The van der Waals surface area contributed by atoms with E-state index in [1.807, 2.05) is 0 Å². The molecule has 2 N–H and O–H groups in total. The van der Waals surface area contributed by atoms with E-state index < -0.39 is 28.3 Å². The molecule has 0 spiro atoms. The Labute approximate surface area is 177 Å². The van der Waals surface area contributed by atoms with Crippen molar-refractivity contribution in [3.63, 3.8) is 0 Å². The van der Waals surface area contributed by atoms with Crippen LogP contribution in [0.1, 0.15) is 18.9 Å². The summed E-state index contributed by atoms with van der Waals surface area (Å²) in [7, 11) is 0. The van der Waals surface area contributed by atoms with E-state index in [0.717, 1.165) is 16.7 Å². The minimum absolute atomic E-state index is 0.109. The number of anilines is 2. The molecule has 30 heavy (non-hydrogen) atoms. The minimum atomic E-state index is -0.941. The number of thioether (sulfide) groups is 1. The molecular weight excluding hydrogens is 408 g/mol. The summed E-state index contributed by atoms with van der Waals surface area (Å²) in [6.07, 6.45) is -0.276. The smallest absolute Gasteiger partial charge is 0.307 e. The second-order valence-corrected chi connectivity index (χ2v) is 7.62. The van der Waals surface area contributed by atoms with E-state index in [4.69, 9.17) is 9.84 Å². The third-order valence-electron chi connectivity index (χ3n) is 4.29. The number of carboxylic acid groups (broad SMARTS) is 1. The molecule has 1 aliphatic rings. The topological polar surface area (TPSA) is 113 Å². The van der Waals surface area contributed by atoms with Gasteiger partial charge in [0, 0.05) is 12.1 Å². The van der Waals surface area contributed by atoms with Crippen LogP contribution >= 0.6 is 11.8 Å². The maximum Gasteiger partial charge on any atom is 0.307 e. The molecule has 8 nitrogen and oxygen atoms in total. The van der Waals surface area contributed by atoms with Crippen molar-refractivity contribution < 1.29 is 29.0 Å². The van der Waals surface area contributed by atoms with E-state index >= 15 is 0 Å². The number of nitrogens with one attached hydrogen (secondary N) is 1. The molecule has 1 aliphatic heterocycles. The zero-order valence-electron chi connectivity index (χ0n) is 16.2.